The molecule has 5 nitrogen and oxygen atoms in total. The number of hydrogen-bond acceptors (Lipinski definition) is 3. The Hall–Kier alpha value is -1.07. The van der Waals surface area contributed by atoms with E-state index in [0.29, 0.717) is 12.1 Å². The SMILES string of the molecule is CCCC1CN(C(=O)NC2CC=CC2)CCN1CCOC. The Balaban J connectivity index is 1.83. The highest BCUT2D eigenvalue weighted by Crippen LogP contribution is 2.16. The predicted molar refractivity (Wildman–Crippen MR) is 84.4 cm³/mol. The Bertz CT molecular complexity index is 351. The molecule has 0 bridgehead atoms. The third-order valence-corrected chi connectivity index (χ3v) is 4.43. The number of methoxy groups -OCH3 is 1. The number of carbonyl (C=O) groups is 1. The second-order valence-electron chi connectivity index (χ2n) is 6.01. The number of nitrogens with zero attached hydrogens (tertiary/aromatic N) is 2. The van der Waals surface area contributed by atoms with Gasteiger partial charge in [0.25, 0.3) is 0 Å². The van der Waals surface area contributed by atoms with E-state index < -0.39 is 0 Å². The average molecular weight is 295 g/mol. The molecular formula is C16H29N3O2. The third-order valence-electron chi connectivity index (χ3n) is 4.43. The molecule has 1 saturated heterocycles. The van der Waals surface area contributed by atoms with Crippen molar-refractivity contribution in [1.29, 1.82) is 0 Å². The first-order chi connectivity index (χ1) is 10.2. The van der Waals surface area contributed by atoms with Gasteiger partial charge in [0.15, 0.2) is 0 Å². The lowest BCUT2D eigenvalue weighted by Gasteiger charge is -2.41. The van der Waals surface area contributed by atoms with Crippen molar-refractivity contribution in [2.75, 3.05) is 39.9 Å². The summed E-state index contributed by atoms with van der Waals surface area (Å²) < 4.78 is 5.19. The highest BCUT2D eigenvalue weighted by atomic mass is 16.5. The average Bonchev–Trinajstić information content (AvgIpc) is 2.99. The topological polar surface area (TPSA) is 44.8 Å². The molecule has 1 unspecified atom stereocenters. The fourth-order valence-electron chi connectivity index (χ4n) is 3.19. The maximum Gasteiger partial charge on any atom is 0.317 e. The van der Waals surface area contributed by atoms with Gasteiger partial charge in [-0.3, -0.25) is 4.90 Å². The van der Waals surface area contributed by atoms with E-state index in [2.05, 4.69) is 29.3 Å². The van der Waals surface area contributed by atoms with Gasteiger partial charge in [-0.1, -0.05) is 25.5 Å². The summed E-state index contributed by atoms with van der Waals surface area (Å²) in [4.78, 5) is 16.8. The summed E-state index contributed by atoms with van der Waals surface area (Å²) >= 11 is 0. The van der Waals surface area contributed by atoms with Crippen molar-refractivity contribution in [1.82, 2.24) is 15.1 Å². The molecule has 0 spiro atoms. The molecule has 1 aliphatic heterocycles. The lowest BCUT2D eigenvalue weighted by Crippen LogP contribution is -2.58. The van der Waals surface area contributed by atoms with Gasteiger partial charge in [-0.15, -0.1) is 0 Å². The Labute approximate surface area is 128 Å². The molecule has 0 radical (unpaired) electrons. The molecule has 1 aliphatic carbocycles. The van der Waals surface area contributed by atoms with E-state index in [0.717, 1.165) is 58.5 Å². The van der Waals surface area contributed by atoms with Crippen molar-refractivity contribution >= 4 is 6.03 Å². The van der Waals surface area contributed by atoms with E-state index in [-0.39, 0.29) is 6.03 Å². The number of piperazine rings is 1. The van der Waals surface area contributed by atoms with E-state index in [1.807, 2.05) is 4.90 Å². The van der Waals surface area contributed by atoms with Crippen LogP contribution in [0.4, 0.5) is 4.79 Å². The second-order valence-corrected chi connectivity index (χ2v) is 6.01. The van der Waals surface area contributed by atoms with Gasteiger partial charge in [-0.05, 0) is 19.3 Å². The third kappa shape index (κ3) is 4.71. The number of carbonyl (C=O) groups excluding carboxylic acids is 1. The van der Waals surface area contributed by atoms with Crippen LogP contribution in [0.3, 0.4) is 0 Å². The Morgan fingerprint density at radius 3 is 2.76 bits per heavy atom. The molecule has 2 rings (SSSR count). The van der Waals surface area contributed by atoms with E-state index >= 15 is 0 Å². The Morgan fingerprint density at radius 2 is 2.10 bits per heavy atom. The molecule has 21 heavy (non-hydrogen) atoms. The number of ether oxygens (including phenoxy) is 1. The molecule has 2 amide bonds. The van der Waals surface area contributed by atoms with E-state index in [9.17, 15) is 4.79 Å². The van der Waals surface area contributed by atoms with Crippen LogP contribution in [0.15, 0.2) is 12.2 Å². The second kappa shape index (κ2) is 8.39. The first-order valence-corrected chi connectivity index (χ1v) is 8.18. The molecule has 1 N–H and O–H groups in total. The van der Waals surface area contributed by atoms with Crippen LogP contribution in [0.2, 0.25) is 0 Å². The molecule has 1 heterocycles. The molecular weight excluding hydrogens is 266 g/mol. The van der Waals surface area contributed by atoms with Crippen LogP contribution < -0.4 is 5.32 Å². The van der Waals surface area contributed by atoms with Gasteiger partial charge in [-0.2, -0.15) is 0 Å². The van der Waals surface area contributed by atoms with Crippen LogP contribution in [0, 0.1) is 0 Å². The largest absolute Gasteiger partial charge is 0.383 e. The van der Waals surface area contributed by atoms with Crippen LogP contribution >= 0.6 is 0 Å². The standard InChI is InChI=1S/C16H29N3O2/c1-3-6-15-13-19(10-9-18(15)11-12-21-2)16(20)17-14-7-4-5-8-14/h4-5,14-15H,3,6-13H2,1-2H3,(H,17,20). The normalized spacial score (nSPS) is 23.7. The maximum absolute atomic E-state index is 12.4. The van der Waals surface area contributed by atoms with Crippen molar-refractivity contribution in [2.24, 2.45) is 0 Å². The lowest BCUT2D eigenvalue weighted by molar-refractivity contribution is 0.0595. The zero-order valence-electron chi connectivity index (χ0n) is 13.4. The van der Waals surface area contributed by atoms with E-state index in [4.69, 9.17) is 4.74 Å². The molecule has 0 aromatic heterocycles. The Morgan fingerprint density at radius 1 is 1.33 bits per heavy atom. The Kier molecular flexibility index (Phi) is 6.51. The van der Waals surface area contributed by atoms with Crippen molar-refractivity contribution in [3.8, 4) is 0 Å². The van der Waals surface area contributed by atoms with Crippen molar-refractivity contribution in [3.05, 3.63) is 12.2 Å². The van der Waals surface area contributed by atoms with Gasteiger partial charge in [0.1, 0.15) is 0 Å². The smallest absolute Gasteiger partial charge is 0.317 e. The van der Waals surface area contributed by atoms with Crippen molar-refractivity contribution in [2.45, 2.75) is 44.7 Å². The number of urea groups is 1. The van der Waals surface area contributed by atoms with E-state index in [1.165, 1.54) is 0 Å². The molecule has 120 valence electrons. The van der Waals surface area contributed by atoms with Gasteiger partial charge in [0, 0.05) is 45.4 Å². The minimum atomic E-state index is 0.108. The first kappa shape index (κ1) is 16.3. The van der Waals surface area contributed by atoms with Crippen LogP contribution in [0.5, 0.6) is 0 Å². The minimum Gasteiger partial charge on any atom is -0.383 e. The van der Waals surface area contributed by atoms with Crippen LogP contribution in [0.25, 0.3) is 0 Å². The molecule has 1 fully saturated rings. The lowest BCUT2D eigenvalue weighted by atomic mass is 10.1. The summed E-state index contributed by atoms with van der Waals surface area (Å²) in [6, 6.07) is 0.871. The minimum absolute atomic E-state index is 0.108. The predicted octanol–water partition coefficient (Wildman–Crippen LogP) is 1.85. The first-order valence-electron chi connectivity index (χ1n) is 8.18. The number of hydrogen-bond donors (Lipinski definition) is 1. The molecule has 5 heteroatoms. The summed E-state index contributed by atoms with van der Waals surface area (Å²) in [5.74, 6) is 0. The number of amides is 2. The maximum atomic E-state index is 12.4. The molecule has 0 saturated carbocycles. The fourth-order valence-corrected chi connectivity index (χ4v) is 3.19. The summed E-state index contributed by atoms with van der Waals surface area (Å²) in [6.07, 6.45) is 8.52. The monoisotopic (exact) mass is 295 g/mol. The number of nitrogens with one attached hydrogen (secondary N) is 1. The quantitative estimate of drug-likeness (QED) is 0.761. The summed E-state index contributed by atoms with van der Waals surface area (Å²) in [5.41, 5.74) is 0. The van der Waals surface area contributed by atoms with Gasteiger partial charge < -0.3 is 15.0 Å². The van der Waals surface area contributed by atoms with Gasteiger partial charge in [0.2, 0.25) is 0 Å². The zero-order chi connectivity index (χ0) is 15.1. The number of rotatable bonds is 6. The highest BCUT2D eigenvalue weighted by molar-refractivity contribution is 5.74. The zero-order valence-corrected chi connectivity index (χ0v) is 13.4. The van der Waals surface area contributed by atoms with Crippen molar-refractivity contribution < 1.29 is 9.53 Å². The highest BCUT2D eigenvalue weighted by Gasteiger charge is 2.29. The summed E-state index contributed by atoms with van der Waals surface area (Å²) in [6.45, 7) is 6.53. The van der Waals surface area contributed by atoms with Crippen molar-refractivity contribution in [3.63, 3.8) is 0 Å². The van der Waals surface area contributed by atoms with E-state index in [1.54, 1.807) is 7.11 Å². The van der Waals surface area contributed by atoms with Gasteiger partial charge >= 0.3 is 6.03 Å². The molecule has 2 aliphatic rings. The summed E-state index contributed by atoms with van der Waals surface area (Å²) in [7, 11) is 1.74. The molecule has 0 aromatic carbocycles. The van der Waals surface area contributed by atoms with Crippen LogP contribution in [-0.4, -0.2) is 67.8 Å². The van der Waals surface area contributed by atoms with Crippen LogP contribution in [-0.2, 0) is 4.74 Å². The molecule has 1 atom stereocenters. The molecule has 0 aromatic rings. The van der Waals surface area contributed by atoms with Crippen LogP contribution in [0.1, 0.15) is 32.6 Å². The summed E-state index contributed by atoms with van der Waals surface area (Å²) in [5, 5.41) is 3.15. The fraction of sp³-hybridized carbons (Fsp3) is 0.812. The van der Waals surface area contributed by atoms with Gasteiger partial charge in [0.05, 0.1) is 6.61 Å². The van der Waals surface area contributed by atoms with Gasteiger partial charge in [-0.25, -0.2) is 4.79 Å².